The summed E-state index contributed by atoms with van der Waals surface area (Å²) in [6.07, 6.45) is 4.82. The molecule has 1 radical (unpaired) electrons. The highest BCUT2D eigenvalue weighted by atomic mass is 32.1. The normalized spacial score (nSPS) is 10.6. The molecule has 0 aliphatic heterocycles. The van der Waals surface area contributed by atoms with E-state index < -0.39 is 0 Å². The second-order valence-electron chi connectivity index (χ2n) is 1.32. The molecule has 0 amide bonds. The highest BCUT2D eigenvalue weighted by Gasteiger charge is 1.83. The first-order valence-corrected chi connectivity index (χ1v) is 3.22. The van der Waals surface area contributed by atoms with Gasteiger partial charge < -0.3 is 0 Å². The first-order valence-electron chi connectivity index (χ1n) is 2.38. The fourth-order valence-electron chi connectivity index (χ4n) is 0.435. The van der Waals surface area contributed by atoms with Crippen LogP contribution in [0.3, 0.4) is 0 Å². The molecule has 0 unspecified atom stereocenters. The van der Waals surface area contributed by atoms with Crippen LogP contribution in [0.5, 0.6) is 0 Å². The van der Waals surface area contributed by atoms with Crippen molar-refractivity contribution >= 4 is 11.5 Å². The zero-order chi connectivity index (χ0) is 5.82. The minimum absolute atomic E-state index is 0.928. The van der Waals surface area contributed by atoms with Crippen LogP contribution in [0.25, 0.3) is 0 Å². The standard InChI is InChI=1S/C6H6NS/c1-2-3-6-4-5-8-7-6/h2,4-5H,1H3. The Labute approximate surface area is 52.8 Å². The van der Waals surface area contributed by atoms with Crippen molar-refractivity contribution in [2.24, 2.45) is 0 Å². The van der Waals surface area contributed by atoms with Crippen molar-refractivity contribution in [1.82, 2.24) is 4.37 Å². The predicted octanol–water partition coefficient (Wildman–Crippen LogP) is 1.87. The van der Waals surface area contributed by atoms with Crippen LogP contribution in [0.2, 0.25) is 0 Å². The van der Waals surface area contributed by atoms with Gasteiger partial charge in [0.05, 0.1) is 5.69 Å². The Morgan fingerprint density at radius 1 is 1.88 bits per heavy atom. The Kier molecular flexibility index (Phi) is 1.80. The molecule has 0 spiro atoms. The smallest absolute Gasteiger partial charge is 0.0843 e. The van der Waals surface area contributed by atoms with E-state index in [2.05, 4.69) is 10.4 Å². The maximum absolute atomic E-state index is 4.01. The Morgan fingerprint density at radius 2 is 2.75 bits per heavy atom. The summed E-state index contributed by atoms with van der Waals surface area (Å²) < 4.78 is 4.01. The molecular formula is C6H6NS. The Bertz CT molecular complexity index is 165. The number of rotatable bonds is 1. The summed E-state index contributed by atoms with van der Waals surface area (Å²) in [5.74, 6) is 0. The van der Waals surface area contributed by atoms with Crippen molar-refractivity contribution in [3.05, 3.63) is 29.3 Å². The summed E-state index contributed by atoms with van der Waals surface area (Å²) in [5, 5.41) is 1.94. The summed E-state index contributed by atoms with van der Waals surface area (Å²) in [5.41, 5.74) is 0.928. The molecule has 1 nitrogen and oxygen atoms in total. The Hall–Kier alpha value is -0.630. The van der Waals surface area contributed by atoms with Gasteiger partial charge in [0.2, 0.25) is 0 Å². The highest BCUT2D eigenvalue weighted by Crippen LogP contribution is 1.98. The first kappa shape index (κ1) is 5.51. The summed E-state index contributed by atoms with van der Waals surface area (Å²) in [7, 11) is 0. The van der Waals surface area contributed by atoms with E-state index in [0.717, 1.165) is 5.69 Å². The maximum atomic E-state index is 4.01. The third-order valence-corrected chi connectivity index (χ3v) is 1.29. The van der Waals surface area contributed by atoms with Gasteiger partial charge in [-0.2, -0.15) is 4.37 Å². The van der Waals surface area contributed by atoms with E-state index in [0.29, 0.717) is 0 Å². The van der Waals surface area contributed by atoms with E-state index in [-0.39, 0.29) is 0 Å². The molecule has 0 aromatic carbocycles. The van der Waals surface area contributed by atoms with Gasteiger partial charge in [-0.05, 0) is 24.5 Å². The van der Waals surface area contributed by atoms with Crippen molar-refractivity contribution in [3.8, 4) is 0 Å². The molecule has 0 aliphatic carbocycles. The van der Waals surface area contributed by atoms with Crippen molar-refractivity contribution in [2.45, 2.75) is 6.92 Å². The van der Waals surface area contributed by atoms with Gasteiger partial charge in [-0.15, -0.1) is 0 Å². The number of nitrogens with zero attached hydrogens (tertiary/aromatic N) is 1. The molecule has 8 heavy (non-hydrogen) atoms. The van der Waals surface area contributed by atoms with E-state index >= 15 is 0 Å². The van der Waals surface area contributed by atoms with Gasteiger partial charge in [-0.1, -0.05) is 6.08 Å². The summed E-state index contributed by atoms with van der Waals surface area (Å²) in [4.78, 5) is 0. The largest absolute Gasteiger partial charge is 0.193 e. The Morgan fingerprint density at radius 3 is 3.25 bits per heavy atom. The lowest BCUT2D eigenvalue weighted by molar-refractivity contribution is 1.42. The Balaban J connectivity index is 2.77. The van der Waals surface area contributed by atoms with Crippen molar-refractivity contribution < 1.29 is 0 Å². The molecule has 0 saturated carbocycles. The van der Waals surface area contributed by atoms with Crippen LogP contribution in [0, 0.1) is 6.08 Å². The summed E-state index contributed by atoms with van der Waals surface area (Å²) >= 11 is 1.45. The molecule has 41 valence electrons. The molecule has 0 saturated heterocycles. The fraction of sp³-hybridized carbons (Fsp3) is 0.167. The fourth-order valence-corrected chi connectivity index (χ4v) is 0.913. The number of hydrogen-bond acceptors (Lipinski definition) is 2. The number of allylic oxidation sites excluding steroid dienone is 1. The van der Waals surface area contributed by atoms with E-state index in [4.69, 9.17) is 0 Å². The molecule has 1 aromatic rings. The van der Waals surface area contributed by atoms with Crippen LogP contribution in [0.1, 0.15) is 12.6 Å². The average Bonchev–Trinajstić information content (AvgIpc) is 2.19. The van der Waals surface area contributed by atoms with E-state index in [9.17, 15) is 0 Å². The molecule has 2 heteroatoms. The molecule has 0 fully saturated rings. The summed E-state index contributed by atoms with van der Waals surface area (Å²) in [6.45, 7) is 1.93. The van der Waals surface area contributed by atoms with Crippen LogP contribution < -0.4 is 0 Å². The summed E-state index contributed by atoms with van der Waals surface area (Å²) in [6, 6.07) is 1.94. The van der Waals surface area contributed by atoms with E-state index in [1.165, 1.54) is 11.5 Å². The number of hydrogen-bond donors (Lipinski definition) is 0. The molecule has 1 heterocycles. The van der Waals surface area contributed by atoms with Crippen molar-refractivity contribution in [3.63, 3.8) is 0 Å². The van der Waals surface area contributed by atoms with E-state index in [1.54, 1.807) is 0 Å². The van der Waals surface area contributed by atoms with Gasteiger partial charge >= 0.3 is 0 Å². The van der Waals surface area contributed by atoms with Gasteiger partial charge in [-0.25, -0.2) is 0 Å². The van der Waals surface area contributed by atoms with Crippen LogP contribution in [-0.2, 0) is 0 Å². The van der Waals surface area contributed by atoms with Gasteiger partial charge in [0, 0.05) is 11.5 Å². The SMILES string of the molecule is C/C=[C]/c1ccsn1. The van der Waals surface area contributed by atoms with Crippen LogP contribution in [0.15, 0.2) is 17.5 Å². The molecule has 0 aliphatic rings. The maximum Gasteiger partial charge on any atom is 0.0843 e. The van der Waals surface area contributed by atoms with Crippen LogP contribution in [0.4, 0.5) is 0 Å². The minimum atomic E-state index is 0.928. The number of aromatic nitrogens is 1. The lowest BCUT2D eigenvalue weighted by Crippen LogP contribution is -1.65. The topological polar surface area (TPSA) is 12.9 Å². The lowest BCUT2D eigenvalue weighted by atomic mass is 10.4. The van der Waals surface area contributed by atoms with Gasteiger partial charge in [0.25, 0.3) is 0 Å². The average molecular weight is 124 g/mol. The van der Waals surface area contributed by atoms with Crippen molar-refractivity contribution in [2.75, 3.05) is 0 Å². The quantitative estimate of drug-likeness (QED) is 0.557. The van der Waals surface area contributed by atoms with Gasteiger partial charge in [0.15, 0.2) is 0 Å². The second-order valence-corrected chi connectivity index (χ2v) is 1.98. The first-order chi connectivity index (χ1) is 3.93. The third kappa shape index (κ3) is 1.17. The highest BCUT2D eigenvalue weighted by molar-refractivity contribution is 7.03. The van der Waals surface area contributed by atoms with Gasteiger partial charge in [-0.3, -0.25) is 0 Å². The second kappa shape index (κ2) is 2.62. The molecule has 1 aromatic heterocycles. The third-order valence-electron chi connectivity index (χ3n) is 0.730. The lowest BCUT2D eigenvalue weighted by Gasteiger charge is -1.72. The minimum Gasteiger partial charge on any atom is -0.193 e. The molecule has 0 bridgehead atoms. The van der Waals surface area contributed by atoms with E-state index in [1.807, 2.05) is 24.4 Å². The zero-order valence-electron chi connectivity index (χ0n) is 4.59. The monoisotopic (exact) mass is 124 g/mol. The molecular weight excluding hydrogens is 118 g/mol. The molecule has 0 N–H and O–H groups in total. The molecule has 0 atom stereocenters. The zero-order valence-corrected chi connectivity index (χ0v) is 5.40. The van der Waals surface area contributed by atoms with Gasteiger partial charge in [0.1, 0.15) is 0 Å². The van der Waals surface area contributed by atoms with Crippen molar-refractivity contribution in [1.29, 1.82) is 0 Å². The molecule has 1 rings (SSSR count). The predicted molar refractivity (Wildman–Crippen MR) is 34.7 cm³/mol. The van der Waals surface area contributed by atoms with Crippen LogP contribution >= 0.6 is 11.5 Å². The van der Waals surface area contributed by atoms with Crippen LogP contribution in [-0.4, -0.2) is 4.37 Å².